The number of benzene rings is 1. The van der Waals surface area contributed by atoms with Crippen LogP contribution >= 0.6 is 0 Å². The van der Waals surface area contributed by atoms with E-state index in [9.17, 15) is 19.1 Å². The molecule has 1 aromatic rings. The van der Waals surface area contributed by atoms with Crippen LogP contribution in [0, 0.1) is 5.82 Å². The molecule has 0 spiro atoms. The minimum Gasteiger partial charge on any atom is -0.480 e. The summed E-state index contributed by atoms with van der Waals surface area (Å²) in [5.41, 5.74) is 0.138. The van der Waals surface area contributed by atoms with Crippen molar-refractivity contribution in [2.24, 2.45) is 0 Å². The standard InChI is InChI=1S/C14H16FNO4/c1-14(2,3)20-13(19)16-10-5-4-9(15)6-8(10)7-11(16)12(17)18/h4-6,11H,7H2,1-3H3,(H,17,18)/t11-/m1/s1. The number of anilines is 1. The smallest absolute Gasteiger partial charge is 0.415 e. The molecule has 1 N–H and O–H groups in total. The van der Waals surface area contributed by atoms with Gasteiger partial charge in [-0.15, -0.1) is 0 Å². The SMILES string of the molecule is CC(C)(C)OC(=O)N1c2ccc(F)cc2C[C@@H]1C(=O)O. The van der Waals surface area contributed by atoms with E-state index in [1.807, 2.05) is 0 Å². The minimum atomic E-state index is -1.15. The fourth-order valence-corrected chi connectivity index (χ4v) is 2.15. The lowest BCUT2D eigenvalue weighted by Gasteiger charge is -2.27. The number of aliphatic carboxylic acids is 1. The van der Waals surface area contributed by atoms with Crippen molar-refractivity contribution in [3.05, 3.63) is 29.6 Å². The van der Waals surface area contributed by atoms with Crippen LogP contribution in [0.5, 0.6) is 0 Å². The molecular weight excluding hydrogens is 265 g/mol. The van der Waals surface area contributed by atoms with Crippen molar-refractivity contribution in [3.8, 4) is 0 Å². The number of ether oxygens (including phenoxy) is 1. The van der Waals surface area contributed by atoms with E-state index in [-0.39, 0.29) is 6.42 Å². The maximum atomic E-state index is 13.2. The molecule has 5 nitrogen and oxygen atoms in total. The average molecular weight is 281 g/mol. The first-order chi connectivity index (χ1) is 9.19. The molecular formula is C14H16FNO4. The number of carboxylic acids is 1. The molecule has 0 bridgehead atoms. The van der Waals surface area contributed by atoms with E-state index in [1.54, 1.807) is 20.8 Å². The van der Waals surface area contributed by atoms with Gasteiger partial charge in [0.2, 0.25) is 0 Å². The highest BCUT2D eigenvalue weighted by Crippen LogP contribution is 2.34. The summed E-state index contributed by atoms with van der Waals surface area (Å²) in [6.07, 6.45) is -0.669. The van der Waals surface area contributed by atoms with Gasteiger partial charge in [-0.05, 0) is 44.5 Å². The molecule has 1 aromatic carbocycles. The number of amides is 1. The van der Waals surface area contributed by atoms with Gasteiger partial charge in [-0.1, -0.05) is 0 Å². The van der Waals surface area contributed by atoms with Gasteiger partial charge in [-0.2, -0.15) is 0 Å². The Morgan fingerprint density at radius 3 is 2.60 bits per heavy atom. The molecule has 0 fully saturated rings. The summed E-state index contributed by atoms with van der Waals surface area (Å²) >= 11 is 0. The predicted octanol–water partition coefficient (Wildman–Crippen LogP) is 2.58. The van der Waals surface area contributed by atoms with Gasteiger partial charge in [0.25, 0.3) is 0 Å². The molecule has 0 saturated heterocycles. The average Bonchev–Trinajstić information content (AvgIpc) is 2.64. The molecule has 20 heavy (non-hydrogen) atoms. The van der Waals surface area contributed by atoms with Crippen molar-refractivity contribution in [1.82, 2.24) is 0 Å². The first kappa shape index (κ1) is 14.3. The second kappa shape index (κ2) is 4.77. The zero-order valence-corrected chi connectivity index (χ0v) is 11.5. The molecule has 6 heteroatoms. The first-order valence-corrected chi connectivity index (χ1v) is 6.22. The van der Waals surface area contributed by atoms with Crippen molar-refractivity contribution in [1.29, 1.82) is 0 Å². The predicted molar refractivity (Wildman–Crippen MR) is 70.2 cm³/mol. The number of rotatable bonds is 1. The van der Waals surface area contributed by atoms with Gasteiger partial charge in [0, 0.05) is 6.42 Å². The second-order valence-corrected chi connectivity index (χ2v) is 5.68. The van der Waals surface area contributed by atoms with Crippen molar-refractivity contribution in [2.75, 3.05) is 4.90 Å². The minimum absolute atomic E-state index is 0.0711. The number of fused-ring (bicyclic) bond motifs is 1. The highest BCUT2D eigenvalue weighted by molar-refractivity contribution is 5.98. The summed E-state index contributed by atoms with van der Waals surface area (Å²) in [5, 5.41) is 9.23. The van der Waals surface area contributed by atoms with Gasteiger partial charge >= 0.3 is 12.1 Å². The molecule has 0 unspecified atom stereocenters. The van der Waals surface area contributed by atoms with Crippen LogP contribution in [-0.2, 0) is 16.0 Å². The molecule has 1 aliphatic heterocycles. The number of hydrogen-bond acceptors (Lipinski definition) is 3. The summed E-state index contributed by atoms with van der Waals surface area (Å²) in [7, 11) is 0. The van der Waals surface area contributed by atoms with Crippen LogP contribution in [0.3, 0.4) is 0 Å². The topological polar surface area (TPSA) is 66.8 Å². The van der Waals surface area contributed by atoms with Crippen LogP contribution in [0.1, 0.15) is 26.3 Å². The number of halogens is 1. The number of carboxylic acid groups (broad SMARTS) is 1. The van der Waals surface area contributed by atoms with Crippen LogP contribution in [-0.4, -0.2) is 28.8 Å². The molecule has 2 rings (SSSR count). The lowest BCUT2D eigenvalue weighted by Crippen LogP contribution is -2.45. The summed E-state index contributed by atoms with van der Waals surface area (Å²) in [6, 6.07) is 2.77. The van der Waals surface area contributed by atoms with Crippen molar-refractivity contribution < 1.29 is 23.8 Å². The van der Waals surface area contributed by atoms with Gasteiger partial charge in [-0.25, -0.2) is 14.0 Å². The second-order valence-electron chi connectivity index (χ2n) is 5.68. The third kappa shape index (κ3) is 2.74. The molecule has 108 valence electrons. The Kier molecular flexibility index (Phi) is 3.41. The van der Waals surface area contributed by atoms with Gasteiger partial charge in [0.15, 0.2) is 0 Å². The highest BCUT2D eigenvalue weighted by atomic mass is 19.1. The number of carbonyl (C=O) groups excluding carboxylic acids is 1. The van der Waals surface area contributed by atoms with Crippen molar-refractivity contribution in [3.63, 3.8) is 0 Å². The maximum Gasteiger partial charge on any atom is 0.415 e. The van der Waals surface area contributed by atoms with E-state index in [1.165, 1.54) is 18.2 Å². The molecule has 1 amide bonds. The van der Waals surface area contributed by atoms with Gasteiger partial charge in [0.05, 0.1) is 5.69 Å². The Labute approximate surface area is 116 Å². The maximum absolute atomic E-state index is 13.2. The van der Waals surface area contributed by atoms with Crippen LogP contribution in [0.15, 0.2) is 18.2 Å². The lowest BCUT2D eigenvalue weighted by atomic mass is 10.1. The van der Waals surface area contributed by atoms with E-state index in [4.69, 9.17) is 4.74 Å². The molecule has 0 radical (unpaired) electrons. The first-order valence-electron chi connectivity index (χ1n) is 6.22. The molecule has 1 heterocycles. The number of nitrogens with zero attached hydrogens (tertiary/aromatic N) is 1. The third-order valence-corrected chi connectivity index (χ3v) is 2.90. The van der Waals surface area contributed by atoms with Crippen molar-refractivity contribution >= 4 is 17.7 Å². The zero-order valence-electron chi connectivity index (χ0n) is 11.5. The van der Waals surface area contributed by atoms with Crippen LogP contribution in [0.4, 0.5) is 14.9 Å². The summed E-state index contributed by atoms with van der Waals surface area (Å²) in [5.74, 6) is -1.61. The van der Waals surface area contributed by atoms with Gasteiger partial charge < -0.3 is 9.84 Å². The molecule has 0 aromatic heterocycles. The summed E-state index contributed by atoms with van der Waals surface area (Å²) < 4.78 is 18.4. The Hall–Kier alpha value is -2.11. The van der Waals surface area contributed by atoms with E-state index in [2.05, 4.69) is 0 Å². The molecule has 0 saturated carbocycles. The normalized spacial score (nSPS) is 17.8. The number of carbonyl (C=O) groups is 2. The molecule has 1 aliphatic rings. The lowest BCUT2D eigenvalue weighted by molar-refractivity contribution is -0.138. The van der Waals surface area contributed by atoms with Gasteiger partial charge in [0.1, 0.15) is 17.5 Å². The fraction of sp³-hybridized carbons (Fsp3) is 0.429. The van der Waals surface area contributed by atoms with E-state index < -0.39 is 29.5 Å². The quantitative estimate of drug-likeness (QED) is 0.859. The number of hydrogen-bond donors (Lipinski definition) is 1. The van der Waals surface area contributed by atoms with E-state index in [0.717, 1.165) is 4.90 Å². The van der Waals surface area contributed by atoms with Crippen molar-refractivity contribution in [2.45, 2.75) is 38.8 Å². The van der Waals surface area contributed by atoms with Gasteiger partial charge in [-0.3, -0.25) is 4.90 Å². The van der Waals surface area contributed by atoms with Crippen LogP contribution in [0.2, 0.25) is 0 Å². The van der Waals surface area contributed by atoms with Crippen LogP contribution < -0.4 is 4.90 Å². The summed E-state index contributed by atoms with van der Waals surface area (Å²) in [6.45, 7) is 5.09. The third-order valence-electron chi connectivity index (χ3n) is 2.90. The van der Waals surface area contributed by atoms with E-state index in [0.29, 0.717) is 11.3 Å². The summed E-state index contributed by atoms with van der Waals surface area (Å²) in [4.78, 5) is 24.5. The molecule has 1 atom stereocenters. The Morgan fingerprint density at radius 2 is 2.05 bits per heavy atom. The largest absolute Gasteiger partial charge is 0.480 e. The van der Waals surface area contributed by atoms with E-state index >= 15 is 0 Å². The Morgan fingerprint density at radius 1 is 1.40 bits per heavy atom. The highest BCUT2D eigenvalue weighted by Gasteiger charge is 2.40. The zero-order chi connectivity index (χ0) is 15.1. The monoisotopic (exact) mass is 281 g/mol. The van der Waals surface area contributed by atoms with Crippen LogP contribution in [0.25, 0.3) is 0 Å². The Balaban J connectivity index is 2.38. The fourth-order valence-electron chi connectivity index (χ4n) is 2.15. The Bertz CT molecular complexity index is 565. The molecule has 0 aliphatic carbocycles.